The van der Waals surface area contributed by atoms with Crippen LogP contribution < -0.4 is 15.8 Å². The molecule has 116 valence electrons. The number of methoxy groups -OCH3 is 1. The van der Waals surface area contributed by atoms with Crippen LogP contribution >= 0.6 is 0 Å². The lowest BCUT2D eigenvalue weighted by Crippen LogP contribution is -2.43. The Balaban J connectivity index is 2.07. The number of hydrogen-bond donors (Lipinski definition) is 2. The van der Waals surface area contributed by atoms with Crippen LogP contribution in [0.4, 0.5) is 11.4 Å². The summed E-state index contributed by atoms with van der Waals surface area (Å²) in [5, 5.41) is 2.94. The van der Waals surface area contributed by atoms with Crippen molar-refractivity contribution in [3.8, 4) is 5.75 Å². The number of rotatable bonds is 7. The van der Waals surface area contributed by atoms with Gasteiger partial charge in [0.1, 0.15) is 5.75 Å². The van der Waals surface area contributed by atoms with Crippen LogP contribution in [0.1, 0.15) is 33.1 Å². The first-order valence-corrected chi connectivity index (χ1v) is 7.57. The number of nitrogens with one attached hydrogen (secondary N) is 1. The van der Waals surface area contributed by atoms with Crippen LogP contribution in [-0.2, 0) is 4.79 Å². The molecule has 0 aliphatic heterocycles. The fourth-order valence-corrected chi connectivity index (χ4v) is 2.57. The maximum atomic E-state index is 12.5. The highest BCUT2D eigenvalue weighted by atomic mass is 16.5. The average molecular weight is 291 g/mol. The molecule has 0 heterocycles. The Morgan fingerprint density at radius 3 is 2.81 bits per heavy atom. The lowest BCUT2D eigenvalue weighted by atomic mass is 10.2. The van der Waals surface area contributed by atoms with Gasteiger partial charge >= 0.3 is 0 Å². The van der Waals surface area contributed by atoms with Crippen LogP contribution in [0.3, 0.4) is 0 Å². The molecule has 0 spiro atoms. The van der Waals surface area contributed by atoms with Gasteiger partial charge in [-0.05, 0) is 50.9 Å². The van der Waals surface area contributed by atoms with Gasteiger partial charge < -0.3 is 15.8 Å². The minimum atomic E-state index is -0.149. The number of benzene rings is 1. The first kappa shape index (κ1) is 15.6. The summed E-state index contributed by atoms with van der Waals surface area (Å²) in [6.07, 6.45) is 3.44. The van der Waals surface area contributed by atoms with Crippen molar-refractivity contribution in [1.82, 2.24) is 4.90 Å². The van der Waals surface area contributed by atoms with E-state index in [2.05, 4.69) is 17.1 Å². The van der Waals surface area contributed by atoms with Crippen molar-refractivity contribution < 1.29 is 9.53 Å². The topological polar surface area (TPSA) is 67.6 Å². The van der Waals surface area contributed by atoms with Crippen LogP contribution in [0.15, 0.2) is 18.2 Å². The molecule has 21 heavy (non-hydrogen) atoms. The van der Waals surface area contributed by atoms with E-state index < -0.39 is 0 Å². The molecule has 1 fully saturated rings. The summed E-state index contributed by atoms with van der Waals surface area (Å²) in [6.45, 7) is 5.05. The van der Waals surface area contributed by atoms with Crippen LogP contribution in [-0.4, -0.2) is 36.5 Å². The quantitative estimate of drug-likeness (QED) is 0.757. The summed E-state index contributed by atoms with van der Waals surface area (Å²) in [4.78, 5) is 14.8. The molecule has 1 aliphatic carbocycles. The van der Waals surface area contributed by atoms with Crippen molar-refractivity contribution in [3.63, 3.8) is 0 Å². The Morgan fingerprint density at radius 1 is 1.52 bits per heavy atom. The van der Waals surface area contributed by atoms with Crippen molar-refractivity contribution >= 4 is 17.3 Å². The third kappa shape index (κ3) is 3.88. The molecule has 5 nitrogen and oxygen atoms in total. The molecular formula is C16H25N3O2. The number of nitrogens with zero attached hydrogens (tertiary/aromatic N) is 1. The van der Waals surface area contributed by atoms with Crippen molar-refractivity contribution in [3.05, 3.63) is 18.2 Å². The number of ether oxygens (including phenoxy) is 1. The first-order valence-electron chi connectivity index (χ1n) is 7.57. The summed E-state index contributed by atoms with van der Waals surface area (Å²) in [5.74, 6) is 0.609. The van der Waals surface area contributed by atoms with E-state index in [1.807, 2.05) is 6.92 Å². The molecule has 0 saturated heterocycles. The first-order chi connectivity index (χ1) is 10.1. The van der Waals surface area contributed by atoms with Gasteiger partial charge in [0, 0.05) is 11.7 Å². The zero-order valence-corrected chi connectivity index (χ0v) is 13.1. The normalized spacial score (nSPS) is 15.8. The second kappa shape index (κ2) is 6.80. The summed E-state index contributed by atoms with van der Waals surface area (Å²) in [5.41, 5.74) is 7.01. The third-order valence-electron chi connectivity index (χ3n) is 3.86. The predicted molar refractivity (Wildman–Crippen MR) is 85.5 cm³/mol. The SMILES string of the molecule is CCCN(C1CC1)C(C)C(=O)Nc1cc(N)ccc1OC. The molecule has 1 aromatic carbocycles. The second-order valence-electron chi connectivity index (χ2n) is 5.59. The van der Waals surface area contributed by atoms with E-state index in [0.29, 0.717) is 23.2 Å². The average Bonchev–Trinajstić information content (AvgIpc) is 3.29. The van der Waals surface area contributed by atoms with Crippen molar-refractivity contribution in [1.29, 1.82) is 0 Å². The van der Waals surface area contributed by atoms with E-state index in [4.69, 9.17) is 10.5 Å². The largest absolute Gasteiger partial charge is 0.495 e. The van der Waals surface area contributed by atoms with Gasteiger partial charge in [0.05, 0.1) is 18.8 Å². The van der Waals surface area contributed by atoms with Crippen LogP contribution in [0, 0.1) is 0 Å². The minimum Gasteiger partial charge on any atom is -0.495 e. The number of nitrogens with two attached hydrogens (primary N) is 1. The molecule has 1 atom stereocenters. The Hall–Kier alpha value is -1.75. The van der Waals surface area contributed by atoms with E-state index in [0.717, 1.165) is 13.0 Å². The van der Waals surface area contributed by atoms with Gasteiger partial charge in [-0.15, -0.1) is 0 Å². The van der Waals surface area contributed by atoms with Crippen LogP contribution in [0.5, 0.6) is 5.75 Å². The summed E-state index contributed by atoms with van der Waals surface area (Å²) in [6, 6.07) is 5.66. The number of anilines is 2. The Bertz CT molecular complexity index is 500. The van der Waals surface area contributed by atoms with Gasteiger partial charge in [0.15, 0.2) is 0 Å². The van der Waals surface area contributed by atoms with Crippen molar-refractivity contribution in [2.24, 2.45) is 0 Å². The van der Waals surface area contributed by atoms with Gasteiger partial charge in [0.2, 0.25) is 5.91 Å². The maximum absolute atomic E-state index is 12.5. The fraction of sp³-hybridized carbons (Fsp3) is 0.562. The zero-order valence-electron chi connectivity index (χ0n) is 13.1. The molecular weight excluding hydrogens is 266 g/mol. The van der Waals surface area contributed by atoms with Crippen molar-refractivity contribution in [2.75, 3.05) is 24.7 Å². The third-order valence-corrected chi connectivity index (χ3v) is 3.86. The number of hydrogen-bond acceptors (Lipinski definition) is 4. The minimum absolute atomic E-state index is 0.0146. The molecule has 0 radical (unpaired) electrons. The number of nitrogen functional groups attached to an aromatic ring is 1. The van der Waals surface area contributed by atoms with Crippen LogP contribution in [0.25, 0.3) is 0 Å². The van der Waals surface area contributed by atoms with E-state index in [1.165, 1.54) is 12.8 Å². The molecule has 1 amide bonds. The molecule has 1 aromatic rings. The molecule has 3 N–H and O–H groups in total. The van der Waals surface area contributed by atoms with E-state index in [1.54, 1.807) is 25.3 Å². The molecule has 0 bridgehead atoms. The fourth-order valence-electron chi connectivity index (χ4n) is 2.57. The van der Waals surface area contributed by atoms with E-state index in [-0.39, 0.29) is 11.9 Å². The smallest absolute Gasteiger partial charge is 0.241 e. The lowest BCUT2D eigenvalue weighted by molar-refractivity contribution is -0.121. The Labute approximate surface area is 126 Å². The van der Waals surface area contributed by atoms with Crippen LogP contribution in [0.2, 0.25) is 0 Å². The maximum Gasteiger partial charge on any atom is 0.241 e. The highest BCUT2D eigenvalue weighted by molar-refractivity contribution is 5.96. The highest BCUT2D eigenvalue weighted by Gasteiger charge is 2.34. The lowest BCUT2D eigenvalue weighted by Gasteiger charge is -2.28. The molecule has 1 unspecified atom stereocenters. The second-order valence-corrected chi connectivity index (χ2v) is 5.59. The summed E-state index contributed by atoms with van der Waals surface area (Å²) < 4.78 is 5.26. The van der Waals surface area contributed by atoms with Crippen molar-refractivity contribution in [2.45, 2.75) is 45.2 Å². The molecule has 5 heteroatoms. The zero-order chi connectivity index (χ0) is 15.4. The van der Waals surface area contributed by atoms with Gasteiger partial charge in [0.25, 0.3) is 0 Å². The van der Waals surface area contributed by atoms with Gasteiger partial charge in [-0.2, -0.15) is 0 Å². The molecule has 2 rings (SSSR count). The summed E-state index contributed by atoms with van der Waals surface area (Å²) >= 11 is 0. The number of carbonyl (C=O) groups excluding carboxylic acids is 1. The highest BCUT2D eigenvalue weighted by Crippen LogP contribution is 2.30. The Kier molecular flexibility index (Phi) is 5.07. The predicted octanol–water partition coefficient (Wildman–Crippen LogP) is 2.48. The number of amides is 1. The molecule has 1 saturated carbocycles. The van der Waals surface area contributed by atoms with Gasteiger partial charge in [-0.3, -0.25) is 9.69 Å². The standard InChI is InChI=1S/C16H25N3O2/c1-4-9-19(13-6-7-13)11(2)16(20)18-14-10-12(17)5-8-15(14)21-3/h5,8,10-11,13H,4,6-7,9,17H2,1-3H3,(H,18,20). The molecule has 1 aliphatic rings. The monoisotopic (exact) mass is 291 g/mol. The molecule has 0 aromatic heterocycles. The van der Waals surface area contributed by atoms with Gasteiger partial charge in [-0.25, -0.2) is 0 Å². The van der Waals surface area contributed by atoms with E-state index >= 15 is 0 Å². The van der Waals surface area contributed by atoms with E-state index in [9.17, 15) is 4.79 Å². The number of carbonyl (C=O) groups is 1. The van der Waals surface area contributed by atoms with Gasteiger partial charge in [-0.1, -0.05) is 6.92 Å². The summed E-state index contributed by atoms with van der Waals surface area (Å²) in [7, 11) is 1.58. The Morgan fingerprint density at radius 2 is 2.24 bits per heavy atom.